The van der Waals surface area contributed by atoms with Crippen molar-refractivity contribution in [3.63, 3.8) is 0 Å². The Morgan fingerprint density at radius 3 is 2.36 bits per heavy atom. The molecule has 0 aliphatic carbocycles. The van der Waals surface area contributed by atoms with E-state index in [2.05, 4.69) is 5.32 Å². The van der Waals surface area contributed by atoms with Crippen molar-refractivity contribution in [2.45, 2.75) is 13.8 Å². The number of halogens is 2. The normalized spacial score (nSPS) is 10.9. The molecule has 0 aliphatic rings. The molecule has 1 N–H and O–H groups in total. The summed E-state index contributed by atoms with van der Waals surface area (Å²) in [7, 11) is 0. The van der Waals surface area contributed by atoms with E-state index in [0.29, 0.717) is 39.4 Å². The van der Waals surface area contributed by atoms with Crippen molar-refractivity contribution in [2.75, 3.05) is 18.4 Å². The van der Waals surface area contributed by atoms with E-state index < -0.39 is 0 Å². The third-order valence-corrected chi connectivity index (χ3v) is 5.96. The van der Waals surface area contributed by atoms with Crippen LogP contribution in [0.15, 0.2) is 84.9 Å². The van der Waals surface area contributed by atoms with Crippen LogP contribution in [0.2, 0.25) is 10.0 Å². The van der Waals surface area contributed by atoms with Gasteiger partial charge in [-0.25, -0.2) is 4.68 Å². The maximum atomic E-state index is 13.2. The van der Waals surface area contributed by atoms with Crippen molar-refractivity contribution in [1.29, 1.82) is 0 Å². The first kappa shape index (κ1) is 25.5. The van der Waals surface area contributed by atoms with Gasteiger partial charge in [0, 0.05) is 28.8 Å². The van der Waals surface area contributed by atoms with Gasteiger partial charge in [0.1, 0.15) is 12.4 Å². The maximum Gasteiger partial charge on any atom is 0.254 e. The van der Waals surface area contributed by atoms with E-state index in [1.165, 1.54) is 4.90 Å². The molecule has 8 heteroatoms. The predicted octanol–water partition coefficient (Wildman–Crippen LogP) is 6.58. The Morgan fingerprint density at radius 1 is 0.944 bits per heavy atom. The van der Waals surface area contributed by atoms with Crippen LogP contribution in [0.3, 0.4) is 0 Å². The highest BCUT2D eigenvalue weighted by Gasteiger charge is 2.22. The van der Waals surface area contributed by atoms with E-state index in [4.69, 9.17) is 28.3 Å². The van der Waals surface area contributed by atoms with Gasteiger partial charge in [0.15, 0.2) is 0 Å². The second-order valence-electron chi connectivity index (χ2n) is 8.78. The number of nitrogens with one attached hydrogen (secondary N) is 1. The van der Waals surface area contributed by atoms with Gasteiger partial charge in [-0.3, -0.25) is 9.59 Å². The monoisotopic (exact) mass is 520 g/mol. The number of para-hydroxylation sites is 1. The van der Waals surface area contributed by atoms with Crippen molar-refractivity contribution in [1.82, 2.24) is 14.7 Å². The molecule has 4 rings (SSSR count). The van der Waals surface area contributed by atoms with Crippen molar-refractivity contribution in [3.05, 3.63) is 101 Å². The van der Waals surface area contributed by atoms with Crippen molar-refractivity contribution < 1.29 is 9.59 Å². The van der Waals surface area contributed by atoms with Crippen LogP contribution in [0.4, 0.5) is 5.82 Å². The lowest BCUT2D eigenvalue weighted by Crippen LogP contribution is -2.40. The van der Waals surface area contributed by atoms with Gasteiger partial charge in [-0.2, -0.15) is 5.10 Å². The lowest BCUT2D eigenvalue weighted by atomic mass is 10.1. The first-order valence-corrected chi connectivity index (χ1v) is 12.3. The molecule has 0 aliphatic heterocycles. The Balaban J connectivity index is 1.63. The van der Waals surface area contributed by atoms with Crippen LogP contribution in [-0.4, -0.2) is 39.6 Å². The van der Waals surface area contributed by atoms with Crippen LogP contribution in [0.5, 0.6) is 0 Å². The zero-order chi connectivity index (χ0) is 25.7. The van der Waals surface area contributed by atoms with Gasteiger partial charge < -0.3 is 10.2 Å². The van der Waals surface area contributed by atoms with E-state index >= 15 is 0 Å². The molecule has 0 saturated heterocycles. The Bertz CT molecular complexity index is 1370. The smallest absolute Gasteiger partial charge is 0.254 e. The number of amides is 2. The molecule has 2 amide bonds. The fourth-order valence-corrected chi connectivity index (χ4v) is 4.25. The molecule has 36 heavy (non-hydrogen) atoms. The maximum absolute atomic E-state index is 13.2. The quantitative estimate of drug-likeness (QED) is 0.285. The largest absolute Gasteiger partial charge is 0.329 e. The first-order chi connectivity index (χ1) is 17.3. The molecule has 0 fully saturated rings. The Morgan fingerprint density at radius 2 is 1.67 bits per heavy atom. The molecule has 184 valence electrons. The van der Waals surface area contributed by atoms with Gasteiger partial charge >= 0.3 is 0 Å². The lowest BCUT2D eigenvalue weighted by molar-refractivity contribution is -0.117. The molecule has 0 atom stereocenters. The van der Waals surface area contributed by atoms with Gasteiger partial charge in [-0.1, -0.05) is 85.6 Å². The van der Waals surface area contributed by atoms with Gasteiger partial charge in [0.25, 0.3) is 5.91 Å². The summed E-state index contributed by atoms with van der Waals surface area (Å²) in [5.74, 6) is 0.00991. The number of benzene rings is 3. The minimum atomic E-state index is -0.348. The minimum absolute atomic E-state index is 0.127. The number of carbonyl (C=O) groups is 2. The predicted molar refractivity (Wildman–Crippen MR) is 145 cm³/mol. The van der Waals surface area contributed by atoms with E-state index in [0.717, 1.165) is 5.56 Å². The van der Waals surface area contributed by atoms with E-state index in [-0.39, 0.29) is 24.3 Å². The van der Waals surface area contributed by atoms with E-state index in [1.807, 2.05) is 62.4 Å². The van der Waals surface area contributed by atoms with Gasteiger partial charge in [-0.05, 0) is 36.2 Å². The zero-order valence-electron chi connectivity index (χ0n) is 20.0. The molecule has 0 bridgehead atoms. The summed E-state index contributed by atoms with van der Waals surface area (Å²) in [6.07, 6.45) is 0. The third-order valence-electron chi connectivity index (χ3n) is 5.41. The van der Waals surface area contributed by atoms with Crippen molar-refractivity contribution in [3.8, 4) is 16.9 Å². The Labute approximate surface area is 220 Å². The highest BCUT2D eigenvalue weighted by molar-refractivity contribution is 6.32. The SMILES string of the molecule is CC(C)CN(CC(=O)Nc1cc(-c2ccccc2)nn1-c1ccccc1Cl)C(=O)c1cccc(Cl)c1. The molecule has 6 nitrogen and oxygen atoms in total. The zero-order valence-corrected chi connectivity index (χ0v) is 21.5. The Kier molecular flexibility index (Phi) is 8.08. The van der Waals surface area contributed by atoms with Gasteiger partial charge in [0.2, 0.25) is 5.91 Å². The highest BCUT2D eigenvalue weighted by Crippen LogP contribution is 2.28. The summed E-state index contributed by atoms with van der Waals surface area (Å²) in [6.45, 7) is 4.28. The minimum Gasteiger partial charge on any atom is -0.329 e. The molecule has 0 radical (unpaired) electrons. The molecule has 4 aromatic rings. The molecule has 1 heterocycles. The van der Waals surface area contributed by atoms with Crippen LogP contribution in [-0.2, 0) is 4.79 Å². The van der Waals surface area contributed by atoms with Crippen molar-refractivity contribution >= 4 is 40.8 Å². The standard InChI is InChI=1S/C28H26Cl2N4O2/c1-19(2)17-33(28(36)21-11-8-12-22(29)15-21)18-27(35)31-26-16-24(20-9-4-3-5-10-20)32-34(26)25-14-7-6-13-23(25)30/h3-16,19H,17-18H2,1-2H3,(H,31,35). The number of anilines is 1. The number of hydrogen-bond acceptors (Lipinski definition) is 3. The fourth-order valence-electron chi connectivity index (χ4n) is 3.85. The van der Waals surface area contributed by atoms with E-state index in [1.54, 1.807) is 41.1 Å². The van der Waals surface area contributed by atoms with Crippen LogP contribution in [0.25, 0.3) is 16.9 Å². The highest BCUT2D eigenvalue weighted by atomic mass is 35.5. The average molecular weight is 521 g/mol. The Hall–Kier alpha value is -3.61. The summed E-state index contributed by atoms with van der Waals surface area (Å²) in [4.78, 5) is 27.9. The molecule has 1 aromatic heterocycles. The summed E-state index contributed by atoms with van der Waals surface area (Å²) in [6, 6.07) is 25.5. The van der Waals surface area contributed by atoms with Crippen LogP contribution in [0.1, 0.15) is 24.2 Å². The van der Waals surface area contributed by atoms with Crippen LogP contribution < -0.4 is 5.32 Å². The average Bonchev–Trinajstić information content (AvgIpc) is 3.27. The number of hydrogen-bond donors (Lipinski definition) is 1. The summed E-state index contributed by atoms with van der Waals surface area (Å²) in [5, 5.41) is 8.60. The fraction of sp³-hybridized carbons (Fsp3) is 0.179. The van der Waals surface area contributed by atoms with Crippen LogP contribution >= 0.6 is 23.2 Å². The molecular weight excluding hydrogens is 495 g/mol. The third kappa shape index (κ3) is 6.14. The number of rotatable bonds is 8. The second kappa shape index (κ2) is 11.4. The summed E-state index contributed by atoms with van der Waals surface area (Å²) < 4.78 is 1.61. The summed E-state index contributed by atoms with van der Waals surface area (Å²) >= 11 is 12.5. The number of aromatic nitrogens is 2. The number of nitrogens with zero attached hydrogens (tertiary/aromatic N) is 3. The van der Waals surface area contributed by atoms with Crippen molar-refractivity contribution in [2.24, 2.45) is 5.92 Å². The molecule has 0 saturated carbocycles. The van der Waals surface area contributed by atoms with Gasteiger partial charge in [0.05, 0.1) is 16.4 Å². The molecule has 3 aromatic carbocycles. The molecule has 0 spiro atoms. The first-order valence-electron chi connectivity index (χ1n) is 11.6. The second-order valence-corrected chi connectivity index (χ2v) is 9.63. The topological polar surface area (TPSA) is 67.2 Å². The molecule has 0 unspecified atom stereocenters. The number of carbonyl (C=O) groups excluding carboxylic acids is 2. The lowest BCUT2D eigenvalue weighted by Gasteiger charge is -2.24. The summed E-state index contributed by atoms with van der Waals surface area (Å²) in [5.41, 5.74) is 2.64. The van der Waals surface area contributed by atoms with Gasteiger partial charge in [-0.15, -0.1) is 0 Å². The van der Waals surface area contributed by atoms with Crippen LogP contribution in [0, 0.1) is 5.92 Å². The molecular formula is C28H26Cl2N4O2. The van der Waals surface area contributed by atoms with E-state index in [9.17, 15) is 9.59 Å².